The summed E-state index contributed by atoms with van der Waals surface area (Å²) in [6.45, 7) is 1.52. The Kier molecular flexibility index (Phi) is 3.33. The molecule has 23 heavy (non-hydrogen) atoms. The molecule has 3 N–H and O–H groups in total. The van der Waals surface area contributed by atoms with Crippen LogP contribution in [0.3, 0.4) is 0 Å². The molecule has 0 spiro atoms. The van der Waals surface area contributed by atoms with Crippen molar-refractivity contribution in [2.75, 3.05) is 11.4 Å². The predicted octanol–water partition coefficient (Wildman–Crippen LogP) is 0.0730. The normalized spacial score (nSPS) is 11.7. The zero-order valence-corrected chi connectivity index (χ0v) is 13.1. The van der Waals surface area contributed by atoms with Gasteiger partial charge in [-0.15, -0.1) is 0 Å². The van der Waals surface area contributed by atoms with Crippen LogP contribution in [0.25, 0.3) is 10.9 Å². The molecule has 0 aliphatic carbocycles. The molecule has 0 aliphatic heterocycles. The van der Waals surface area contributed by atoms with E-state index in [1.165, 1.54) is 38.5 Å². The topological polar surface area (TPSA) is 132 Å². The molecule has 120 valence electrons. The van der Waals surface area contributed by atoms with Gasteiger partial charge in [-0.25, -0.2) is 13.2 Å². The van der Waals surface area contributed by atoms with Crippen molar-refractivity contribution in [3.8, 4) is 0 Å². The molecule has 0 aliphatic rings. The van der Waals surface area contributed by atoms with Crippen molar-refractivity contribution in [2.24, 2.45) is 0 Å². The number of nitrogens with one attached hydrogen (secondary N) is 3. The molecule has 0 amide bonds. The molecule has 0 bridgehead atoms. The molecule has 1 aromatic carbocycles. The van der Waals surface area contributed by atoms with Crippen molar-refractivity contribution < 1.29 is 8.42 Å². The first-order valence-corrected chi connectivity index (χ1v) is 8.00. The zero-order chi connectivity index (χ0) is 16.8. The van der Waals surface area contributed by atoms with Crippen LogP contribution in [0, 0.1) is 6.92 Å². The van der Waals surface area contributed by atoms with Crippen LogP contribution < -0.4 is 15.6 Å². The quantitative estimate of drug-likeness (QED) is 0.623. The summed E-state index contributed by atoms with van der Waals surface area (Å²) in [5, 5.41) is 6.39. The van der Waals surface area contributed by atoms with Crippen molar-refractivity contribution >= 4 is 26.6 Å². The summed E-state index contributed by atoms with van der Waals surface area (Å²) in [5.74, 6) is 0. The van der Waals surface area contributed by atoms with Gasteiger partial charge in [-0.2, -0.15) is 5.10 Å². The number of aromatic nitrogens is 4. The Morgan fingerprint density at radius 3 is 2.57 bits per heavy atom. The van der Waals surface area contributed by atoms with Gasteiger partial charge in [0.2, 0.25) is 0 Å². The maximum absolute atomic E-state index is 12.8. The van der Waals surface area contributed by atoms with Gasteiger partial charge in [-0.1, -0.05) is 0 Å². The van der Waals surface area contributed by atoms with Crippen LogP contribution in [0.2, 0.25) is 0 Å². The Labute approximate surface area is 130 Å². The van der Waals surface area contributed by atoms with Crippen molar-refractivity contribution in [2.45, 2.75) is 11.8 Å². The van der Waals surface area contributed by atoms with Gasteiger partial charge < -0.3 is 4.98 Å². The Morgan fingerprint density at radius 2 is 1.91 bits per heavy atom. The van der Waals surface area contributed by atoms with Crippen molar-refractivity contribution in [1.29, 1.82) is 0 Å². The molecule has 3 rings (SSSR count). The second-order valence-corrected chi connectivity index (χ2v) is 6.89. The number of fused-ring (bicyclic) bond motifs is 1. The minimum absolute atomic E-state index is 0.0220. The number of aromatic amines is 3. The molecule has 0 fully saturated rings. The van der Waals surface area contributed by atoms with Gasteiger partial charge in [0.1, 0.15) is 0 Å². The third kappa shape index (κ3) is 2.32. The first kappa shape index (κ1) is 15.0. The average molecular weight is 335 g/mol. The first-order chi connectivity index (χ1) is 10.8. The molecule has 0 atom stereocenters. The van der Waals surface area contributed by atoms with Gasteiger partial charge in [0, 0.05) is 13.2 Å². The van der Waals surface area contributed by atoms with Gasteiger partial charge in [0.05, 0.1) is 27.7 Å². The summed E-state index contributed by atoms with van der Waals surface area (Å²) >= 11 is 0. The molecule has 2 heterocycles. The molecule has 10 heteroatoms. The van der Waals surface area contributed by atoms with Gasteiger partial charge in [0.25, 0.3) is 15.6 Å². The highest BCUT2D eigenvalue weighted by atomic mass is 32.2. The lowest BCUT2D eigenvalue weighted by Gasteiger charge is -2.19. The van der Waals surface area contributed by atoms with E-state index >= 15 is 0 Å². The highest BCUT2D eigenvalue weighted by Gasteiger charge is 2.25. The molecule has 0 unspecified atom stereocenters. The molecule has 0 radical (unpaired) electrons. The number of hydrogen-bond donors (Lipinski definition) is 3. The van der Waals surface area contributed by atoms with Crippen molar-refractivity contribution in [1.82, 2.24) is 20.2 Å². The standard InChI is InChI=1S/C13H13N5O4S/c1-7-10(23(21,22)18(2)8-5-14-15-6-8)4-3-9-11(7)12(19)17-13(20)16-9/h3-6H,1-2H3,(H,14,15)(H2,16,17,19,20). The maximum atomic E-state index is 12.8. The lowest BCUT2D eigenvalue weighted by Crippen LogP contribution is -2.28. The van der Waals surface area contributed by atoms with Crippen LogP contribution >= 0.6 is 0 Å². The smallest absolute Gasteiger partial charge is 0.307 e. The predicted molar refractivity (Wildman–Crippen MR) is 84.1 cm³/mol. The zero-order valence-electron chi connectivity index (χ0n) is 12.2. The number of H-pyrrole nitrogens is 3. The summed E-state index contributed by atoms with van der Waals surface area (Å²) in [4.78, 5) is 27.9. The van der Waals surface area contributed by atoms with Crippen LogP contribution in [0.4, 0.5) is 5.69 Å². The van der Waals surface area contributed by atoms with Gasteiger partial charge in [-0.05, 0) is 24.6 Å². The third-order valence-corrected chi connectivity index (χ3v) is 5.53. The Hall–Kier alpha value is -2.88. The largest absolute Gasteiger partial charge is 0.326 e. The summed E-state index contributed by atoms with van der Waals surface area (Å²) in [6, 6.07) is 2.76. The molecule has 9 nitrogen and oxygen atoms in total. The lowest BCUT2D eigenvalue weighted by atomic mass is 10.1. The number of hydrogen-bond acceptors (Lipinski definition) is 5. The van der Waals surface area contributed by atoms with E-state index in [1.807, 2.05) is 0 Å². The summed E-state index contributed by atoms with van der Waals surface area (Å²) in [5.41, 5.74) is -0.381. The van der Waals surface area contributed by atoms with Crippen molar-refractivity contribution in [3.63, 3.8) is 0 Å². The minimum atomic E-state index is -3.88. The fourth-order valence-corrected chi connectivity index (χ4v) is 3.79. The van der Waals surface area contributed by atoms with Crippen LogP contribution in [0.1, 0.15) is 5.56 Å². The van der Waals surface area contributed by atoms with E-state index in [0.29, 0.717) is 5.69 Å². The van der Waals surface area contributed by atoms with E-state index in [9.17, 15) is 18.0 Å². The molecule has 0 saturated heterocycles. The first-order valence-electron chi connectivity index (χ1n) is 6.56. The molecule has 3 aromatic rings. The van der Waals surface area contributed by atoms with Crippen LogP contribution in [0.15, 0.2) is 39.0 Å². The fourth-order valence-electron chi connectivity index (χ4n) is 2.39. The second kappa shape index (κ2) is 5.09. The number of nitrogens with zero attached hydrogens (tertiary/aromatic N) is 2. The van der Waals surface area contributed by atoms with E-state index < -0.39 is 21.3 Å². The summed E-state index contributed by atoms with van der Waals surface area (Å²) in [7, 11) is -2.49. The van der Waals surface area contributed by atoms with Crippen LogP contribution in [0.5, 0.6) is 0 Å². The summed E-state index contributed by atoms with van der Waals surface area (Å²) < 4.78 is 26.6. The van der Waals surface area contributed by atoms with E-state index in [4.69, 9.17) is 0 Å². The number of sulfonamides is 1. The van der Waals surface area contributed by atoms with E-state index in [2.05, 4.69) is 20.2 Å². The van der Waals surface area contributed by atoms with Gasteiger partial charge in [-0.3, -0.25) is 19.2 Å². The third-order valence-electron chi connectivity index (χ3n) is 3.60. The molecule has 0 saturated carbocycles. The number of rotatable bonds is 3. The Morgan fingerprint density at radius 1 is 1.17 bits per heavy atom. The molecule has 2 aromatic heterocycles. The number of benzene rings is 1. The van der Waals surface area contributed by atoms with E-state index in [0.717, 1.165) is 4.31 Å². The Balaban J connectivity index is 2.27. The lowest BCUT2D eigenvalue weighted by molar-refractivity contribution is 0.594. The van der Waals surface area contributed by atoms with Gasteiger partial charge in [0.15, 0.2) is 0 Å². The number of aryl methyl sites for hydroxylation is 1. The summed E-state index contributed by atoms with van der Waals surface area (Å²) in [6.07, 6.45) is 2.82. The van der Waals surface area contributed by atoms with Gasteiger partial charge >= 0.3 is 5.69 Å². The maximum Gasteiger partial charge on any atom is 0.326 e. The fraction of sp³-hybridized carbons (Fsp3) is 0.154. The SMILES string of the molecule is Cc1c(S(=O)(=O)N(C)c2cn[nH]c2)ccc2[nH]c(=O)[nH]c(=O)c12. The van der Waals surface area contributed by atoms with Crippen LogP contribution in [-0.4, -0.2) is 35.6 Å². The Bertz CT molecular complexity index is 1100. The molecular formula is C13H13N5O4S. The number of anilines is 1. The van der Waals surface area contributed by atoms with Crippen molar-refractivity contribution in [3.05, 3.63) is 50.9 Å². The highest BCUT2D eigenvalue weighted by molar-refractivity contribution is 7.92. The average Bonchev–Trinajstić information content (AvgIpc) is 2.99. The van der Waals surface area contributed by atoms with E-state index in [-0.39, 0.29) is 21.4 Å². The van der Waals surface area contributed by atoms with Crippen LogP contribution in [-0.2, 0) is 10.0 Å². The minimum Gasteiger partial charge on any atom is -0.307 e. The van der Waals surface area contributed by atoms with E-state index in [1.54, 1.807) is 0 Å². The second-order valence-electron chi connectivity index (χ2n) is 4.95. The monoisotopic (exact) mass is 335 g/mol. The molecular weight excluding hydrogens is 322 g/mol. The highest BCUT2D eigenvalue weighted by Crippen LogP contribution is 2.26.